The van der Waals surface area contributed by atoms with Crippen LogP contribution in [0, 0.1) is 17.5 Å². The highest BCUT2D eigenvalue weighted by Crippen LogP contribution is 2.23. The molecule has 1 aromatic rings. The average Bonchev–Trinajstić information content (AvgIpc) is 2.35. The van der Waals surface area contributed by atoms with Crippen molar-refractivity contribution < 1.29 is 21.6 Å². The molecule has 7 heteroatoms. The Balaban J connectivity index is 3.29. The molecule has 19 heavy (non-hydrogen) atoms. The molecule has 0 saturated heterocycles. The van der Waals surface area contributed by atoms with Crippen LogP contribution < -0.4 is 0 Å². The van der Waals surface area contributed by atoms with E-state index in [-0.39, 0.29) is 13.1 Å². The molecule has 0 unspecified atom stereocenters. The van der Waals surface area contributed by atoms with Crippen molar-refractivity contribution in [2.75, 3.05) is 13.1 Å². The van der Waals surface area contributed by atoms with Gasteiger partial charge >= 0.3 is 0 Å². The van der Waals surface area contributed by atoms with Crippen LogP contribution in [0.25, 0.3) is 0 Å². The normalized spacial score (nSPS) is 12.1. The fraction of sp³-hybridized carbons (Fsp3) is 0.500. The Morgan fingerprint density at radius 2 is 1.53 bits per heavy atom. The zero-order valence-electron chi connectivity index (χ0n) is 10.8. The van der Waals surface area contributed by atoms with Gasteiger partial charge in [0.1, 0.15) is 4.90 Å². The number of sulfonamides is 1. The smallest absolute Gasteiger partial charge is 0.207 e. The van der Waals surface area contributed by atoms with Crippen LogP contribution in [0.3, 0.4) is 0 Å². The molecule has 0 fully saturated rings. The summed E-state index contributed by atoms with van der Waals surface area (Å²) in [5.74, 6) is -4.85. The summed E-state index contributed by atoms with van der Waals surface area (Å²) in [6, 6.07) is 1.36. The van der Waals surface area contributed by atoms with Crippen LogP contribution in [-0.2, 0) is 10.0 Å². The van der Waals surface area contributed by atoms with Crippen LogP contribution in [0.4, 0.5) is 13.2 Å². The molecule has 0 spiro atoms. The molecule has 0 aliphatic carbocycles. The van der Waals surface area contributed by atoms with Crippen molar-refractivity contribution >= 4 is 10.0 Å². The van der Waals surface area contributed by atoms with E-state index in [0.717, 1.165) is 10.4 Å². The summed E-state index contributed by atoms with van der Waals surface area (Å²) in [6.45, 7) is 3.96. The Morgan fingerprint density at radius 3 is 2.00 bits per heavy atom. The standard InChI is InChI=1S/C12H16F3NO2S/c1-3-7-16(8-4-2)19(17,18)10-6-5-9(13)11(14)12(10)15/h5-6H,3-4,7-8H2,1-2H3. The van der Waals surface area contributed by atoms with Crippen LogP contribution in [0.15, 0.2) is 17.0 Å². The summed E-state index contributed by atoms with van der Waals surface area (Å²) in [7, 11) is -4.14. The molecule has 0 amide bonds. The second-order valence-electron chi connectivity index (χ2n) is 4.08. The van der Waals surface area contributed by atoms with Gasteiger partial charge in [-0.05, 0) is 25.0 Å². The Hall–Kier alpha value is -1.08. The first-order valence-electron chi connectivity index (χ1n) is 5.99. The summed E-state index contributed by atoms with van der Waals surface area (Å²) in [5, 5.41) is 0. The maximum absolute atomic E-state index is 13.6. The highest BCUT2D eigenvalue weighted by atomic mass is 32.2. The van der Waals surface area contributed by atoms with Gasteiger partial charge in [0.15, 0.2) is 17.5 Å². The van der Waals surface area contributed by atoms with Gasteiger partial charge in [-0.3, -0.25) is 0 Å². The molecule has 0 N–H and O–H groups in total. The summed E-state index contributed by atoms with van der Waals surface area (Å²) in [6.07, 6.45) is 1.09. The van der Waals surface area contributed by atoms with E-state index in [9.17, 15) is 21.6 Å². The number of benzene rings is 1. The summed E-state index contributed by atoms with van der Waals surface area (Å²) in [5.41, 5.74) is 0. The van der Waals surface area contributed by atoms with Gasteiger partial charge in [-0.2, -0.15) is 4.31 Å². The van der Waals surface area contributed by atoms with Crippen LogP contribution in [-0.4, -0.2) is 25.8 Å². The highest BCUT2D eigenvalue weighted by Gasteiger charge is 2.29. The Bertz CT molecular complexity index is 540. The lowest BCUT2D eigenvalue weighted by atomic mass is 10.3. The fourth-order valence-electron chi connectivity index (χ4n) is 1.70. The van der Waals surface area contributed by atoms with Gasteiger partial charge in [0, 0.05) is 13.1 Å². The number of rotatable bonds is 6. The first kappa shape index (κ1) is 16.0. The monoisotopic (exact) mass is 295 g/mol. The molecule has 0 atom stereocenters. The van der Waals surface area contributed by atoms with Gasteiger partial charge in [0.05, 0.1) is 0 Å². The molecule has 0 heterocycles. The molecule has 1 aromatic carbocycles. The second-order valence-corrected chi connectivity index (χ2v) is 5.98. The molecule has 0 aliphatic rings. The quantitative estimate of drug-likeness (QED) is 0.757. The zero-order chi connectivity index (χ0) is 14.6. The maximum Gasteiger partial charge on any atom is 0.246 e. The van der Waals surface area contributed by atoms with Gasteiger partial charge in [-0.15, -0.1) is 0 Å². The highest BCUT2D eigenvalue weighted by molar-refractivity contribution is 7.89. The molecule has 0 bridgehead atoms. The molecular formula is C12H16F3NO2S. The van der Waals surface area contributed by atoms with Gasteiger partial charge < -0.3 is 0 Å². The van der Waals surface area contributed by atoms with E-state index in [1.807, 2.05) is 0 Å². The third kappa shape index (κ3) is 3.27. The lowest BCUT2D eigenvalue weighted by molar-refractivity contribution is 0.397. The molecule has 0 saturated carbocycles. The lowest BCUT2D eigenvalue weighted by Gasteiger charge is -2.21. The van der Waals surface area contributed by atoms with E-state index in [1.54, 1.807) is 13.8 Å². The first-order chi connectivity index (χ1) is 8.86. The summed E-state index contributed by atoms with van der Waals surface area (Å²) < 4.78 is 65.0. The Labute approximate surface area is 111 Å². The molecule has 0 aliphatic heterocycles. The van der Waals surface area contributed by atoms with E-state index >= 15 is 0 Å². The summed E-state index contributed by atoms with van der Waals surface area (Å²) in [4.78, 5) is -0.826. The fourth-order valence-corrected chi connectivity index (χ4v) is 3.38. The van der Waals surface area contributed by atoms with E-state index in [2.05, 4.69) is 0 Å². The molecule has 1 rings (SSSR count). The van der Waals surface area contributed by atoms with Gasteiger partial charge in [0.2, 0.25) is 10.0 Å². The van der Waals surface area contributed by atoms with E-state index < -0.39 is 32.4 Å². The molecular weight excluding hydrogens is 279 g/mol. The van der Waals surface area contributed by atoms with Gasteiger partial charge in [-0.1, -0.05) is 13.8 Å². The van der Waals surface area contributed by atoms with Crippen molar-refractivity contribution in [2.45, 2.75) is 31.6 Å². The number of nitrogens with zero attached hydrogens (tertiary/aromatic N) is 1. The largest absolute Gasteiger partial charge is 0.246 e. The van der Waals surface area contributed by atoms with Crippen LogP contribution in [0.1, 0.15) is 26.7 Å². The van der Waals surface area contributed by atoms with Gasteiger partial charge in [0.25, 0.3) is 0 Å². The van der Waals surface area contributed by atoms with E-state index in [4.69, 9.17) is 0 Å². The molecule has 0 radical (unpaired) electrons. The van der Waals surface area contributed by atoms with E-state index in [0.29, 0.717) is 18.9 Å². The predicted octanol–water partition coefficient (Wildman–Crippen LogP) is 2.91. The van der Waals surface area contributed by atoms with Crippen molar-refractivity contribution in [3.8, 4) is 0 Å². The van der Waals surface area contributed by atoms with Crippen molar-refractivity contribution in [1.29, 1.82) is 0 Å². The maximum atomic E-state index is 13.6. The zero-order valence-corrected chi connectivity index (χ0v) is 11.6. The molecule has 3 nitrogen and oxygen atoms in total. The van der Waals surface area contributed by atoms with Gasteiger partial charge in [-0.25, -0.2) is 21.6 Å². The summed E-state index contributed by atoms with van der Waals surface area (Å²) >= 11 is 0. The minimum Gasteiger partial charge on any atom is -0.207 e. The predicted molar refractivity (Wildman–Crippen MR) is 65.7 cm³/mol. The van der Waals surface area contributed by atoms with Crippen molar-refractivity contribution in [1.82, 2.24) is 4.31 Å². The minimum atomic E-state index is -4.14. The third-order valence-corrected chi connectivity index (χ3v) is 4.48. The van der Waals surface area contributed by atoms with Crippen LogP contribution in [0.2, 0.25) is 0 Å². The van der Waals surface area contributed by atoms with Crippen molar-refractivity contribution in [2.24, 2.45) is 0 Å². The molecule has 0 aromatic heterocycles. The topological polar surface area (TPSA) is 37.4 Å². The number of halogens is 3. The third-order valence-electron chi connectivity index (χ3n) is 2.56. The van der Waals surface area contributed by atoms with Crippen molar-refractivity contribution in [3.63, 3.8) is 0 Å². The van der Waals surface area contributed by atoms with Crippen LogP contribution >= 0.6 is 0 Å². The Kier molecular flexibility index (Phi) is 5.37. The SMILES string of the molecule is CCCN(CCC)S(=O)(=O)c1ccc(F)c(F)c1F. The van der Waals surface area contributed by atoms with E-state index in [1.165, 1.54) is 0 Å². The number of hydrogen-bond acceptors (Lipinski definition) is 2. The van der Waals surface area contributed by atoms with Crippen molar-refractivity contribution in [3.05, 3.63) is 29.6 Å². The van der Waals surface area contributed by atoms with Crippen LogP contribution in [0.5, 0.6) is 0 Å². The second kappa shape index (κ2) is 6.38. The molecule has 108 valence electrons. The average molecular weight is 295 g/mol. The Morgan fingerprint density at radius 1 is 1.00 bits per heavy atom. The number of hydrogen-bond donors (Lipinski definition) is 0. The minimum absolute atomic E-state index is 0.203. The lowest BCUT2D eigenvalue weighted by Crippen LogP contribution is -2.33. The first-order valence-corrected chi connectivity index (χ1v) is 7.43.